The highest BCUT2D eigenvalue weighted by Crippen LogP contribution is 2.49. The van der Waals surface area contributed by atoms with E-state index in [0.29, 0.717) is 18.7 Å². The minimum atomic E-state index is -1.02. The maximum Gasteiger partial charge on any atom is 0.253 e. The zero-order valence-electron chi connectivity index (χ0n) is 24.5. The van der Waals surface area contributed by atoms with Crippen molar-refractivity contribution in [2.24, 2.45) is 0 Å². The van der Waals surface area contributed by atoms with Gasteiger partial charge in [0.1, 0.15) is 6.10 Å². The predicted octanol–water partition coefficient (Wildman–Crippen LogP) is 5.63. The Kier molecular flexibility index (Phi) is 5.54. The van der Waals surface area contributed by atoms with Crippen LogP contribution in [0.3, 0.4) is 0 Å². The Balaban J connectivity index is 1.56. The van der Waals surface area contributed by atoms with Crippen molar-refractivity contribution in [3.8, 4) is 0 Å². The number of nitrogens with one attached hydrogen (secondary N) is 1. The number of amides is 2. The molecule has 2 aliphatic heterocycles. The number of para-hydroxylation sites is 2. The van der Waals surface area contributed by atoms with E-state index in [1.807, 2.05) is 68.6 Å². The first-order chi connectivity index (χ1) is 20.9. The molecule has 216 valence electrons. The molecule has 0 radical (unpaired) electrons. The summed E-state index contributed by atoms with van der Waals surface area (Å²) >= 11 is 0. The topological polar surface area (TPSA) is 77.7 Å². The fourth-order valence-electron chi connectivity index (χ4n) is 7.79. The van der Waals surface area contributed by atoms with Crippen molar-refractivity contribution in [1.82, 2.24) is 19.4 Å². The van der Waals surface area contributed by atoms with Crippen LogP contribution in [0.1, 0.15) is 33.2 Å². The number of rotatable bonds is 4. The second kappa shape index (κ2) is 9.17. The second-order valence-corrected chi connectivity index (χ2v) is 11.7. The highest BCUT2D eigenvalue weighted by atomic mass is 16.6. The number of benzene rings is 4. The molecular weight excluding hydrogens is 540 g/mol. The smallest absolute Gasteiger partial charge is 0.253 e. The highest BCUT2D eigenvalue weighted by Gasteiger charge is 2.48. The third kappa shape index (κ3) is 3.27. The molecule has 0 fully saturated rings. The van der Waals surface area contributed by atoms with Crippen LogP contribution in [0, 0.1) is 0 Å². The molecule has 2 aliphatic rings. The number of likely N-dealkylation sites (N-methyl/N-ethyl adjacent to an activating group) is 1. The number of carbonyl (C=O) groups is 2. The first-order valence-electron chi connectivity index (χ1n) is 14.6. The number of hydrogen-bond acceptors (Lipinski definition) is 4. The van der Waals surface area contributed by atoms with E-state index in [1.165, 1.54) is 0 Å². The van der Waals surface area contributed by atoms with Crippen molar-refractivity contribution in [3.63, 3.8) is 0 Å². The van der Waals surface area contributed by atoms with Crippen LogP contribution in [0.2, 0.25) is 0 Å². The van der Waals surface area contributed by atoms with Gasteiger partial charge in [0.25, 0.3) is 11.8 Å². The molecule has 0 saturated heterocycles. The monoisotopic (exact) mass is 572 g/mol. The molecule has 8 rings (SSSR count). The molecule has 4 heterocycles. The molecule has 0 bridgehead atoms. The summed E-state index contributed by atoms with van der Waals surface area (Å²) in [7, 11) is 5.23. The van der Waals surface area contributed by atoms with Crippen LogP contribution >= 0.6 is 0 Å². The van der Waals surface area contributed by atoms with Gasteiger partial charge in [-0.3, -0.25) is 9.59 Å². The van der Waals surface area contributed by atoms with E-state index in [2.05, 4.69) is 38.7 Å². The molecule has 8 heteroatoms. The quantitative estimate of drug-likeness (QED) is 0.297. The largest absolute Gasteiger partial charge is 0.374 e. The molecule has 43 heavy (non-hydrogen) atoms. The first kappa shape index (κ1) is 26.0. The van der Waals surface area contributed by atoms with E-state index in [9.17, 15) is 9.59 Å². The SMILES string of the molecule is CO[C@@H]1[C@H](N(C)C(=O)c2ccccc2)Cn2c3ccccc3c3c4c(c5c6ccccc6n(c5c32)[C@@]1(C)OC)CNC4=O. The maximum absolute atomic E-state index is 14.0. The Labute approximate surface area is 248 Å². The summed E-state index contributed by atoms with van der Waals surface area (Å²) in [5.41, 5.74) is 5.27. The fourth-order valence-corrected chi connectivity index (χ4v) is 7.79. The van der Waals surface area contributed by atoms with Crippen LogP contribution in [-0.2, 0) is 28.3 Å². The summed E-state index contributed by atoms with van der Waals surface area (Å²) in [5.74, 6) is -0.161. The van der Waals surface area contributed by atoms with Crippen LogP contribution in [-0.4, -0.2) is 59.3 Å². The zero-order valence-corrected chi connectivity index (χ0v) is 24.5. The minimum absolute atomic E-state index is 0.0594. The molecule has 0 saturated carbocycles. The Bertz CT molecular complexity index is 2130. The number of carbonyl (C=O) groups excluding carboxylic acids is 2. The van der Waals surface area contributed by atoms with Gasteiger partial charge in [0, 0.05) is 67.0 Å². The summed E-state index contributed by atoms with van der Waals surface area (Å²) in [6.07, 6.45) is -0.563. The molecular formula is C35H32N4O4. The van der Waals surface area contributed by atoms with Gasteiger partial charge in [-0.2, -0.15) is 0 Å². The lowest BCUT2D eigenvalue weighted by molar-refractivity contribution is -0.175. The lowest BCUT2D eigenvalue weighted by Gasteiger charge is -2.46. The third-order valence-electron chi connectivity index (χ3n) is 9.77. The second-order valence-electron chi connectivity index (χ2n) is 11.7. The van der Waals surface area contributed by atoms with Crippen molar-refractivity contribution in [2.45, 2.75) is 37.9 Å². The van der Waals surface area contributed by atoms with Crippen LogP contribution < -0.4 is 5.32 Å². The minimum Gasteiger partial charge on any atom is -0.374 e. The molecule has 0 unspecified atom stereocenters. The number of fused-ring (bicyclic) bond motifs is 9. The van der Waals surface area contributed by atoms with Gasteiger partial charge in [-0.05, 0) is 36.8 Å². The molecule has 0 aliphatic carbocycles. The lowest BCUT2D eigenvalue weighted by atomic mass is 9.94. The fraction of sp³-hybridized carbons (Fsp3) is 0.257. The molecule has 2 aromatic heterocycles. The normalized spacial score (nSPS) is 21.4. The maximum atomic E-state index is 14.0. The van der Waals surface area contributed by atoms with Gasteiger partial charge in [-0.1, -0.05) is 54.6 Å². The number of ether oxygens (including phenoxy) is 2. The first-order valence-corrected chi connectivity index (χ1v) is 14.6. The van der Waals surface area contributed by atoms with Crippen LogP contribution in [0.25, 0.3) is 43.6 Å². The summed E-state index contributed by atoms with van der Waals surface area (Å²) in [5, 5.41) is 7.16. The third-order valence-corrected chi connectivity index (χ3v) is 9.77. The lowest BCUT2D eigenvalue weighted by Crippen LogP contribution is -2.59. The number of nitrogens with zero attached hydrogens (tertiary/aromatic N) is 3. The summed E-state index contributed by atoms with van der Waals surface area (Å²) in [6, 6.07) is 25.4. The Morgan fingerprint density at radius 2 is 1.56 bits per heavy atom. The average Bonchev–Trinajstić information content (AvgIpc) is 3.69. The van der Waals surface area contributed by atoms with Gasteiger partial charge in [0.2, 0.25) is 0 Å². The van der Waals surface area contributed by atoms with E-state index in [1.54, 1.807) is 19.1 Å². The van der Waals surface area contributed by atoms with Crippen LogP contribution in [0.4, 0.5) is 0 Å². The van der Waals surface area contributed by atoms with Crippen molar-refractivity contribution < 1.29 is 19.1 Å². The Hall–Kier alpha value is -4.66. The van der Waals surface area contributed by atoms with E-state index in [-0.39, 0.29) is 11.8 Å². The van der Waals surface area contributed by atoms with E-state index in [4.69, 9.17) is 9.47 Å². The number of hydrogen-bond donors (Lipinski definition) is 1. The summed E-state index contributed by atoms with van der Waals surface area (Å²) in [6.45, 7) is 2.94. The zero-order chi connectivity index (χ0) is 29.6. The van der Waals surface area contributed by atoms with Gasteiger partial charge >= 0.3 is 0 Å². The van der Waals surface area contributed by atoms with Gasteiger partial charge in [-0.25, -0.2) is 0 Å². The van der Waals surface area contributed by atoms with Gasteiger partial charge in [-0.15, -0.1) is 0 Å². The molecule has 1 N–H and O–H groups in total. The van der Waals surface area contributed by atoms with Gasteiger partial charge in [0.05, 0.1) is 28.2 Å². The molecule has 2 amide bonds. The van der Waals surface area contributed by atoms with Crippen molar-refractivity contribution in [1.29, 1.82) is 0 Å². The number of methoxy groups -OCH3 is 2. The van der Waals surface area contributed by atoms with Crippen molar-refractivity contribution >= 4 is 55.4 Å². The Morgan fingerprint density at radius 3 is 2.26 bits per heavy atom. The molecule has 6 aromatic rings. The molecule has 8 nitrogen and oxygen atoms in total. The van der Waals surface area contributed by atoms with Crippen molar-refractivity contribution in [3.05, 3.63) is 95.6 Å². The summed E-state index contributed by atoms with van der Waals surface area (Å²) < 4.78 is 17.4. The Morgan fingerprint density at radius 1 is 0.907 bits per heavy atom. The number of aromatic nitrogens is 2. The van der Waals surface area contributed by atoms with E-state index >= 15 is 0 Å². The predicted molar refractivity (Wildman–Crippen MR) is 167 cm³/mol. The van der Waals surface area contributed by atoms with E-state index in [0.717, 1.165) is 54.7 Å². The van der Waals surface area contributed by atoms with Gasteiger partial charge in [0.15, 0.2) is 5.72 Å². The van der Waals surface area contributed by atoms with E-state index < -0.39 is 17.9 Å². The van der Waals surface area contributed by atoms with Crippen LogP contribution in [0.15, 0.2) is 78.9 Å². The molecule has 3 atom stereocenters. The molecule has 0 spiro atoms. The van der Waals surface area contributed by atoms with Crippen LogP contribution in [0.5, 0.6) is 0 Å². The molecule has 4 aromatic carbocycles. The highest BCUT2D eigenvalue weighted by molar-refractivity contribution is 6.30. The van der Waals surface area contributed by atoms with Crippen molar-refractivity contribution in [2.75, 3.05) is 21.3 Å². The standard InChI is InChI=1S/C35H32N4O4/c1-35(43-4)32(42-3)26(37(2)34(41)20-12-6-5-7-13-20)19-38-24-16-10-8-14-21(24)28-29-23(18-36-33(29)40)27-22-15-9-11-17-25(22)39(35)31(27)30(28)38/h5-17,26,32H,18-19H2,1-4H3,(H,36,40)/t26-,32-,35+/m1/s1. The summed E-state index contributed by atoms with van der Waals surface area (Å²) in [4.78, 5) is 29.4. The van der Waals surface area contributed by atoms with Gasteiger partial charge < -0.3 is 28.8 Å². The average molecular weight is 573 g/mol.